The molecule has 2 aromatic carbocycles. The highest BCUT2D eigenvalue weighted by molar-refractivity contribution is 5.97. The third-order valence-corrected chi connectivity index (χ3v) is 4.10. The van der Waals surface area contributed by atoms with E-state index in [1.807, 2.05) is 48.5 Å². The number of ether oxygens (including phenoxy) is 1. The molecule has 1 heterocycles. The van der Waals surface area contributed by atoms with Gasteiger partial charge in [-0.2, -0.15) is 0 Å². The van der Waals surface area contributed by atoms with Crippen LogP contribution >= 0.6 is 0 Å². The van der Waals surface area contributed by atoms with E-state index in [0.29, 0.717) is 11.3 Å². The van der Waals surface area contributed by atoms with Crippen LogP contribution in [0.5, 0.6) is 5.75 Å². The van der Waals surface area contributed by atoms with Gasteiger partial charge in [0.2, 0.25) is 5.91 Å². The number of nitrogens with one attached hydrogen (secondary N) is 1. The molecule has 0 aliphatic heterocycles. The maximum atomic E-state index is 12.5. The summed E-state index contributed by atoms with van der Waals surface area (Å²) in [6.07, 6.45) is 0.235. The molecule has 3 rings (SSSR count). The quantitative estimate of drug-likeness (QED) is 0.712. The van der Waals surface area contributed by atoms with Gasteiger partial charge in [-0.05, 0) is 23.8 Å². The van der Waals surface area contributed by atoms with Gasteiger partial charge in [-0.25, -0.2) is 4.98 Å². The number of carbonyl (C=O) groups is 2. The fourth-order valence-corrected chi connectivity index (χ4v) is 2.74. The van der Waals surface area contributed by atoms with E-state index in [1.54, 1.807) is 19.2 Å². The van der Waals surface area contributed by atoms with Crippen LogP contribution in [0.3, 0.4) is 0 Å². The van der Waals surface area contributed by atoms with Gasteiger partial charge >= 0.3 is 0 Å². The fourth-order valence-electron chi connectivity index (χ4n) is 2.74. The van der Waals surface area contributed by atoms with Gasteiger partial charge in [0.25, 0.3) is 5.91 Å². The number of aromatic nitrogens is 1. The molecule has 26 heavy (non-hydrogen) atoms. The smallest absolute Gasteiger partial charge is 0.270 e. The predicted octanol–water partition coefficient (Wildman–Crippen LogP) is 2.07. The van der Waals surface area contributed by atoms with Crippen LogP contribution in [0.25, 0.3) is 10.9 Å². The van der Waals surface area contributed by atoms with Gasteiger partial charge in [0.15, 0.2) is 0 Å². The van der Waals surface area contributed by atoms with Crippen molar-refractivity contribution < 1.29 is 14.3 Å². The van der Waals surface area contributed by atoms with Crippen LogP contribution in [0.2, 0.25) is 0 Å². The minimum atomic E-state index is -0.868. The molecular formula is C20H19N3O3. The Kier molecular flexibility index (Phi) is 5.12. The van der Waals surface area contributed by atoms with Crippen molar-refractivity contribution in [1.29, 1.82) is 0 Å². The van der Waals surface area contributed by atoms with E-state index in [4.69, 9.17) is 10.5 Å². The average molecular weight is 349 g/mol. The average Bonchev–Trinajstić information content (AvgIpc) is 2.67. The molecule has 1 aromatic heterocycles. The molecule has 6 heteroatoms. The minimum Gasteiger partial charge on any atom is -0.496 e. The zero-order valence-electron chi connectivity index (χ0n) is 14.3. The number of nitrogens with zero attached hydrogens (tertiary/aromatic N) is 1. The number of pyridine rings is 1. The summed E-state index contributed by atoms with van der Waals surface area (Å²) in [5, 5.41) is 3.60. The second-order valence-corrected chi connectivity index (χ2v) is 5.83. The Morgan fingerprint density at radius 2 is 1.81 bits per heavy atom. The summed E-state index contributed by atoms with van der Waals surface area (Å²) in [7, 11) is 1.55. The lowest BCUT2D eigenvalue weighted by Gasteiger charge is -2.17. The SMILES string of the molecule is COc1ccccc1C[C@H](NC(=O)c1ccc2ccccc2n1)C(N)=O. The van der Waals surface area contributed by atoms with Crippen molar-refractivity contribution in [2.24, 2.45) is 5.73 Å². The number of fused-ring (bicyclic) bond motifs is 1. The van der Waals surface area contributed by atoms with E-state index in [-0.39, 0.29) is 12.1 Å². The Bertz CT molecular complexity index is 956. The summed E-state index contributed by atoms with van der Waals surface area (Å²) < 4.78 is 5.29. The summed E-state index contributed by atoms with van der Waals surface area (Å²) in [6.45, 7) is 0. The first-order valence-electron chi connectivity index (χ1n) is 8.16. The molecule has 1 atom stereocenters. The minimum absolute atomic E-state index is 0.231. The van der Waals surface area contributed by atoms with Crippen LogP contribution < -0.4 is 15.8 Å². The first-order chi connectivity index (χ1) is 12.6. The molecule has 0 bridgehead atoms. The van der Waals surface area contributed by atoms with Crippen molar-refractivity contribution in [2.75, 3.05) is 7.11 Å². The summed E-state index contributed by atoms with van der Waals surface area (Å²) in [5.41, 5.74) is 7.20. The highest BCUT2D eigenvalue weighted by Crippen LogP contribution is 2.19. The van der Waals surface area contributed by atoms with Crippen molar-refractivity contribution in [3.63, 3.8) is 0 Å². The molecule has 3 aromatic rings. The van der Waals surface area contributed by atoms with Crippen LogP contribution in [0.15, 0.2) is 60.7 Å². The van der Waals surface area contributed by atoms with Crippen LogP contribution in [-0.2, 0) is 11.2 Å². The Balaban J connectivity index is 1.80. The van der Waals surface area contributed by atoms with Crippen LogP contribution in [0.4, 0.5) is 0 Å². The van der Waals surface area contributed by atoms with Gasteiger partial charge in [-0.1, -0.05) is 42.5 Å². The van der Waals surface area contributed by atoms with Crippen molar-refractivity contribution in [2.45, 2.75) is 12.5 Å². The number of benzene rings is 2. The van der Waals surface area contributed by atoms with Gasteiger partial charge in [0.1, 0.15) is 17.5 Å². The summed E-state index contributed by atoms with van der Waals surface area (Å²) >= 11 is 0. The number of amides is 2. The van der Waals surface area contributed by atoms with Crippen LogP contribution in [0.1, 0.15) is 16.1 Å². The van der Waals surface area contributed by atoms with Crippen molar-refractivity contribution in [1.82, 2.24) is 10.3 Å². The first kappa shape index (κ1) is 17.4. The van der Waals surface area contributed by atoms with E-state index in [2.05, 4.69) is 10.3 Å². The zero-order chi connectivity index (χ0) is 18.5. The Hall–Kier alpha value is -3.41. The van der Waals surface area contributed by atoms with Crippen molar-refractivity contribution >= 4 is 22.7 Å². The Labute approximate surface area is 151 Å². The third-order valence-electron chi connectivity index (χ3n) is 4.10. The number of carbonyl (C=O) groups excluding carboxylic acids is 2. The lowest BCUT2D eigenvalue weighted by Crippen LogP contribution is -2.46. The molecule has 0 aliphatic rings. The van der Waals surface area contributed by atoms with Crippen molar-refractivity contribution in [3.8, 4) is 5.75 Å². The van der Waals surface area contributed by atoms with Gasteiger partial charge in [-0.15, -0.1) is 0 Å². The van der Waals surface area contributed by atoms with E-state index in [0.717, 1.165) is 10.9 Å². The summed E-state index contributed by atoms with van der Waals surface area (Å²) in [4.78, 5) is 28.7. The third kappa shape index (κ3) is 3.80. The van der Waals surface area contributed by atoms with Gasteiger partial charge < -0.3 is 15.8 Å². The normalized spacial score (nSPS) is 11.7. The lowest BCUT2D eigenvalue weighted by molar-refractivity contribution is -0.119. The van der Waals surface area contributed by atoms with Crippen molar-refractivity contribution in [3.05, 3.63) is 71.9 Å². The molecule has 0 saturated carbocycles. The van der Waals surface area contributed by atoms with E-state index in [1.165, 1.54) is 0 Å². The molecule has 0 unspecified atom stereocenters. The van der Waals surface area contributed by atoms with E-state index in [9.17, 15) is 9.59 Å². The highest BCUT2D eigenvalue weighted by Gasteiger charge is 2.21. The molecule has 0 radical (unpaired) electrons. The zero-order valence-corrected chi connectivity index (χ0v) is 14.3. The number of nitrogens with two attached hydrogens (primary N) is 1. The maximum Gasteiger partial charge on any atom is 0.270 e. The molecular weight excluding hydrogens is 330 g/mol. The highest BCUT2D eigenvalue weighted by atomic mass is 16.5. The Morgan fingerprint density at radius 1 is 1.08 bits per heavy atom. The van der Waals surface area contributed by atoms with Gasteiger partial charge in [0, 0.05) is 11.8 Å². The molecule has 6 nitrogen and oxygen atoms in total. The first-order valence-corrected chi connectivity index (χ1v) is 8.16. The van der Waals surface area contributed by atoms with E-state index >= 15 is 0 Å². The largest absolute Gasteiger partial charge is 0.496 e. The molecule has 0 saturated heterocycles. The molecule has 132 valence electrons. The monoisotopic (exact) mass is 349 g/mol. The summed E-state index contributed by atoms with van der Waals surface area (Å²) in [5.74, 6) is -0.434. The lowest BCUT2D eigenvalue weighted by atomic mass is 10.0. The molecule has 0 spiro atoms. The second-order valence-electron chi connectivity index (χ2n) is 5.83. The fraction of sp³-hybridized carbons (Fsp3) is 0.150. The molecule has 0 fully saturated rings. The van der Waals surface area contributed by atoms with Gasteiger partial charge in [0.05, 0.1) is 12.6 Å². The van der Waals surface area contributed by atoms with Crippen LogP contribution in [-0.4, -0.2) is 29.9 Å². The molecule has 0 aliphatic carbocycles. The second kappa shape index (κ2) is 7.65. The number of rotatable bonds is 6. The number of primary amides is 1. The number of methoxy groups -OCH3 is 1. The van der Waals surface area contributed by atoms with E-state index < -0.39 is 17.9 Å². The predicted molar refractivity (Wildman–Crippen MR) is 98.9 cm³/mol. The summed E-state index contributed by atoms with van der Waals surface area (Å²) in [6, 6.07) is 17.4. The number of para-hydroxylation sites is 2. The molecule has 3 N–H and O–H groups in total. The van der Waals surface area contributed by atoms with Crippen LogP contribution in [0, 0.1) is 0 Å². The molecule has 2 amide bonds. The topological polar surface area (TPSA) is 94.3 Å². The standard InChI is InChI=1S/C20H19N3O3/c1-26-18-9-5-3-7-14(18)12-17(19(21)24)23-20(25)16-11-10-13-6-2-4-8-15(13)22-16/h2-11,17H,12H2,1H3,(H2,21,24)(H,23,25)/t17-/m0/s1. The number of hydrogen-bond acceptors (Lipinski definition) is 4. The van der Waals surface area contributed by atoms with Gasteiger partial charge in [-0.3, -0.25) is 9.59 Å². The maximum absolute atomic E-state index is 12.5. The number of hydrogen-bond donors (Lipinski definition) is 2. The Morgan fingerprint density at radius 3 is 2.58 bits per heavy atom.